The molecule has 2 nitrogen and oxygen atoms in total. The number of fused-ring (bicyclic) bond motifs is 1. The van der Waals surface area contributed by atoms with E-state index < -0.39 is 0 Å². The Morgan fingerprint density at radius 2 is 1.69 bits per heavy atom. The van der Waals surface area contributed by atoms with Crippen molar-refractivity contribution in [2.24, 2.45) is 4.99 Å². The minimum Gasteiger partial charge on any atom is -0.366 e. The summed E-state index contributed by atoms with van der Waals surface area (Å²) in [5.41, 5.74) is 2.54. The summed E-state index contributed by atoms with van der Waals surface area (Å²) >= 11 is 1.87. The first-order valence-corrected chi connectivity index (χ1v) is 10.0. The van der Waals surface area contributed by atoms with Gasteiger partial charge in [0.25, 0.3) is 0 Å². The maximum Gasteiger partial charge on any atom is 0.128 e. The Bertz CT molecular complexity index is 836. The van der Waals surface area contributed by atoms with Gasteiger partial charge in [0.15, 0.2) is 0 Å². The van der Waals surface area contributed by atoms with E-state index in [1.807, 2.05) is 48.2 Å². The number of aliphatic imine (C=N–C) groups is 1. The van der Waals surface area contributed by atoms with Crippen LogP contribution >= 0.6 is 11.8 Å². The summed E-state index contributed by atoms with van der Waals surface area (Å²) in [6.45, 7) is 4.38. The largest absolute Gasteiger partial charge is 0.366 e. The van der Waals surface area contributed by atoms with Gasteiger partial charge < -0.3 is 5.32 Å². The maximum absolute atomic E-state index is 4.15. The molecule has 26 heavy (non-hydrogen) atoms. The number of rotatable bonds is 5. The Balaban J connectivity index is 0.000000187. The number of thioether (sulfide) groups is 1. The Kier molecular flexibility index (Phi) is 8.50. The van der Waals surface area contributed by atoms with Crippen LogP contribution in [0, 0.1) is 0 Å². The number of nitrogens with zero attached hydrogens (tertiary/aromatic N) is 1. The molecule has 0 fully saturated rings. The first-order valence-electron chi connectivity index (χ1n) is 8.62. The summed E-state index contributed by atoms with van der Waals surface area (Å²) < 4.78 is 0. The zero-order valence-electron chi connectivity index (χ0n) is 15.5. The summed E-state index contributed by atoms with van der Waals surface area (Å²) in [5, 5.41) is 5.90. The highest BCUT2D eigenvalue weighted by Gasteiger charge is 1.98. The fraction of sp³-hybridized carbons (Fsp3) is 0.174. The molecule has 3 aromatic rings. The topological polar surface area (TPSA) is 24.4 Å². The van der Waals surface area contributed by atoms with E-state index in [1.54, 1.807) is 7.05 Å². The van der Waals surface area contributed by atoms with Crippen LogP contribution < -0.4 is 5.32 Å². The summed E-state index contributed by atoms with van der Waals surface area (Å²) in [5.74, 6) is 2.00. The fourth-order valence-electron chi connectivity index (χ4n) is 2.65. The standard InChI is InChI=1S/C12H12S.C11H14N2/c1-13-9-11-7-4-6-10-5-2-3-8-12(10)11;1-3-9-13-11(12-2)10-7-5-4-6-8-10/h2-8H,9H2,1H3;3-8H,1,9H2,2H3,(H,12,13). The van der Waals surface area contributed by atoms with Gasteiger partial charge in [-0.2, -0.15) is 11.8 Å². The molecule has 1 N–H and O–H groups in total. The first-order chi connectivity index (χ1) is 12.8. The molecule has 0 radical (unpaired) electrons. The second-order valence-corrected chi connectivity index (χ2v) is 6.55. The van der Waals surface area contributed by atoms with E-state index >= 15 is 0 Å². The van der Waals surface area contributed by atoms with Gasteiger partial charge in [-0.05, 0) is 22.6 Å². The van der Waals surface area contributed by atoms with Crippen LogP contribution in [0.4, 0.5) is 0 Å². The molecule has 3 aromatic carbocycles. The van der Waals surface area contributed by atoms with Crippen LogP contribution in [0.2, 0.25) is 0 Å². The van der Waals surface area contributed by atoms with Crippen molar-refractivity contribution in [3.8, 4) is 0 Å². The van der Waals surface area contributed by atoms with Gasteiger partial charge in [0.2, 0.25) is 0 Å². The molecule has 0 aliphatic rings. The van der Waals surface area contributed by atoms with Crippen molar-refractivity contribution >= 4 is 28.4 Å². The second-order valence-electron chi connectivity index (χ2n) is 5.68. The number of benzene rings is 3. The van der Waals surface area contributed by atoms with Gasteiger partial charge in [0.05, 0.1) is 0 Å². The van der Waals surface area contributed by atoms with Gasteiger partial charge in [0.1, 0.15) is 5.84 Å². The van der Waals surface area contributed by atoms with Crippen molar-refractivity contribution in [3.63, 3.8) is 0 Å². The fourth-order valence-corrected chi connectivity index (χ4v) is 3.21. The van der Waals surface area contributed by atoms with Crippen LogP contribution in [0.3, 0.4) is 0 Å². The van der Waals surface area contributed by atoms with E-state index in [1.165, 1.54) is 16.3 Å². The van der Waals surface area contributed by atoms with Gasteiger partial charge >= 0.3 is 0 Å². The molecule has 0 saturated carbocycles. The van der Waals surface area contributed by atoms with E-state index in [9.17, 15) is 0 Å². The lowest BCUT2D eigenvalue weighted by Gasteiger charge is -2.06. The zero-order chi connectivity index (χ0) is 18.6. The van der Waals surface area contributed by atoms with Gasteiger partial charge in [-0.3, -0.25) is 4.99 Å². The Morgan fingerprint density at radius 3 is 2.38 bits per heavy atom. The molecule has 0 heterocycles. The molecule has 0 bridgehead atoms. The quantitative estimate of drug-likeness (QED) is 0.366. The predicted molar refractivity (Wildman–Crippen MR) is 118 cm³/mol. The monoisotopic (exact) mass is 362 g/mol. The third-order valence-electron chi connectivity index (χ3n) is 3.86. The Morgan fingerprint density at radius 1 is 1.00 bits per heavy atom. The van der Waals surface area contributed by atoms with Gasteiger partial charge in [-0.1, -0.05) is 78.9 Å². The summed E-state index contributed by atoms with van der Waals surface area (Å²) in [7, 11) is 1.78. The van der Waals surface area contributed by atoms with Crippen molar-refractivity contribution in [1.82, 2.24) is 5.32 Å². The average Bonchev–Trinajstić information content (AvgIpc) is 2.70. The van der Waals surface area contributed by atoms with Gasteiger partial charge in [-0.25, -0.2) is 0 Å². The van der Waals surface area contributed by atoms with Gasteiger partial charge in [-0.15, -0.1) is 6.58 Å². The lowest BCUT2D eigenvalue weighted by atomic mass is 10.1. The van der Waals surface area contributed by atoms with Crippen molar-refractivity contribution in [2.75, 3.05) is 19.8 Å². The lowest BCUT2D eigenvalue weighted by molar-refractivity contribution is 1.03. The molecule has 0 atom stereocenters. The Hall–Kier alpha value is -2.52. The van der Waals surface area contributed by atoms with Crippen LogP contribution in [0.25, 0.3) is 10.8 Å². The molecule has 0 amide bonds. The van der Waals surface area contributed by atoms with Crippen LogP contribution in [0.1, 0.15) is 11.1 Å². The van der Waals surface area contributed by atoms with E-state index in [2.05, 4.69) is 65.6 Å². The summed E-state index contributed by atoms with van der Waals surface area (Å²) in [6.07, 6.45) is 3.95. The highest BCUT2D eigenvalue weighted by Crippen LogP contribution is 2.21. The molecular formula is C23H26N2S. The zero-order valence-corrected chi connectivity index (χ0v) is 16.3. The van der Waals surface area contributed by atoms with E-state index in [4.69, 9.17) is 0 Å². The van der Waals surface area contributed by atoms with E-state index in [-0.39, 0.29) is 0 Å². The summed E-state index contributed by atoms with van der Waals surface area (Å²) in [6, 6.07) is 25.1. The van der Waals surface area contributed by atoms with E-state index in [0.29, 0.717) is 0 Å². The third kappa shape index (κ3) is 5.78. The predicted octanol–water partition coefficient (Wildman–Crippen LogP) is 5.54. The number of hydrogen-bond donors (Lipinski definition) is 1. The highest BCUT2D eigenvalue weighted by molar-refractivity contribution is 7.97. The van der Waals surface area contributed by atoms with Crippen LogP contribution in [-0.4, -0.2) is 25.7 Å². The molecule has 134 valence electrons. The third-order valence-corrected chi connectivity index (χ3v) is 4.46. The minimum absolute atomic E-state index is 0.738. The molecule has 0 spiro atoms. The Labute approximate surface area is 161 Å². The molecule has 0 saturated heterocycles. The molecule has 0 unspecified atom stereocenters. The van der Waals surface area contributed by atoms with Crippen LogP contribution in [-0.2, 0) is 5.75 Å². The molecule has 0 aromatic heterocycles. The number of hydrogen-bond acceptors (Lipinski definition) is 2. The van der Waals surface area contributed by atoms with Crippen LogP contribution in [0.5, 0.6) is 0 Å². The average molecular weight is 363 g/mol. The highest BCUT2D eigenvalue weighted by atomic mass is 32.2. The molecule has 0 aliphatic carbocycles. The molecule has 0 aliphatic heterocycles. The van der Waals surface area contributed by atoms with Crippen molar-refractivity contribution in [3.05, 3.63) is 96.6 Å². The van der Waals surface area contributed by atoms with Crippen molar-refractivity contribution in [2.45, 2.75) is 5.75 Å². The number of nitrogens with one attached hydrogen (secondary N) is 1. The summed E-state index contributed by atoms with van der Waals surface area (Å²) in [4.78, 5) is 4.15. The van der Waals surface area contributed by atoms with Gasteiger partial charge in [0, 0.05) is 24.9 Å². The van der Waals surface area contributed by atoms with Crippen molar-refractivity contribution < 1.29 is 0 Å². The SMILES string of the molecule is C=CCNC(=NC)c1ccccc1.CSCc1cccc2ccccc12. The lowest BCUT2D eigenvalue weighted by Crippen LogP contribution is -2.24. The second kappa shape index (κ2) is 11.2. The molecular weight excluding hydrogens is 336 g/mol. The smallest absolute Gasteiger partial charge is 0.128 e. The normalized spacial score (nSPS) is 10.8. The van der Waals surface area contributed by atoms with Crippen LogP contribution in [0.15, 0.2) is 90.4 Å². The molecule has 3 heteroatoms. The van der Waals surface area contributed by atoms with Crippen molar-refractivity contribution in [1.29, 1.82) is 0 Å². The first kappa shape index (κ1) is 19.8. The number of amidine groups is 1. The minimum atomic E-state index is 0.738. The van der Waals surface area contributed by atoms with E-state index in [0.717, 1.165) is 23.7 Å². The molecule has 3 rings (SSSR count). The maximum atomic E-state index is 4.15.